The average Bonchev–Trinajstić information content (AvgIpc) is 3.17. The van der Waals surface area contributed by atoms with Crippen molar-refractivity contribution in [1.29, 1.82) is 0 Å². The Morgan fingerprint density at radius 3 is 2.75 bits per heavy atom. The summed E-state index contributed by atoms with van der Waals surface area (Å²) >= 11 is 1.63. The Hall–Kier alpha value is -3.32. The lowest BCUT2D eigenvalue weighted by Crippen LogP contribution is -2.26. The summed E-state index contributed by atoms with van der Waals surface area (Å²) in [4.78, 5) is 22.4. The summed E-state index contributed by atoms with van der Waals surface area (Å²) in [6, 6.07) is 17.3. The number of nitrogens with one attached hydrogen (secondary N) is 1. The van der Waals surface area contributed by atoms with Crippen molar-refractivity contribution in [2.45, 2.75) is 37.2 Å². The van der Waals surface area contributed by atoms with E-state index in [4.69, 9.17) is 9.72 Å². The molecule has 164 valence electrons. The molecule has 0 radical (unpaired) electrons. The highest BCUT2D eigenvalue weighted by molar-refractivity contribution is 7.98. The van der Waals surface area contributed by atoms with Gasteiger partial charge in [-0.25, -0.2) is 4.98 Å². The van der Waals surface area contributed by atoms with Gasteiger partial charge in [-0.3, -0.25) is 9.78 Å². The van der Waals surface area contributed by atoms with E-state index in [0.717, 1.165) is 21.9 Å². The molecular formula is C25H26N4O2S. The summed E-state index contributed by atoms with van der Waals surface area (Å²) in [5, 5.41) is 3.84. The van der Waals surface area contributed by atoms with Gasteiger partial charge in [0.15, 0.2) is 5.16 Å². The number of rotatable bonds is 8. The van der Waals surface area contributed by atoms with E-state index in [1.807, 2.05) is 41.8 Å². The summed E-state index contributed by atoms with van der Waals surface area (Å²) in [6.45, 7) is 4.09. The zero-order chi connectivity index (χ0) is 22.5. The van der Waals surface area contributed by atoms with Crippen molar-refractivity contribution in [2.75, 3.05) is 12.4 Å². The van der Waals surface area contributed by atoms with Crippen molar-refractivity contribution >= 4 is 34.4 Å². The molecule has 4 rings (SSSR count). The van der Waals surface area contributed by atoms with Crippen LogP contribution in [0.3, 0.4) is 0 Å². The zero-order valence-corrected chi connectivity index (χ0v) is 19.2. The number of imidazole rings is 1. The van der Waals surface area contributed by atoms with Crippen LogP contribution in [0, 0.1) is 6.92 Å². The molecule has 0 saturated carbocycles. The van der Waals surface area contributed by atoms with Gasteiger partial charge in [-0.15, -0.1) is 0 Å². The molecule has 1 atom stereocenters. The Balaban J connectivity index is 1.64. The van der Waals surface area contributed by atoms with E-state index in [2.05, 4.69) is 41.5 Å². The normalized spacial score (nSPS) is 12.0. The summed E-state index contributed by atoms with van der Waals surface area (Å²) < 4.78 is 7.29. The SMILES string of the molecule is CC[C@H](C(=O)Nc1cccc(OC)c1)n1c(SCc2ccc(C)cc2)nc2ccncc21. The van der Waals surface area contributed by atoms with Crippen LogP contribution in [0.4, 0.5) is 5.69 Å². The fourth-order valence-electron chi connectivity index (χ4n) is 3.57. The number of nitrogens with zero attached hydrogens (tertiary/aromatic N) is 3. The summed E-state index contributed by atoms with van der Waals surface area (Å²) in [5.74, 6) is 1.37. The molecule has 0 unspecified atom stereocenters. The smallest absolute Gasteiger partial charge is 0.247 e. The lowest BCUT2D eigenvalue weighted by Gasteiger charge is -2.20. The fourth-order valence-corrected chi connectivity index (χ4v) is 4.58. The predicted molar refractivity (Wildman–Crippen MR) is 129 cm³/mol. The number of benzene rings is 2. The third-order valence-electron chi connectivity index (χ3n) is 5.29. The average molecular weight is 447 g/mol. The summed E-state index contributed by atoms with van der Waals surface area (Å²) in [6.07, 6.45) is 4.12. The van der Waals surface area contributed by atoms with Crippen LogP contribution in [0.25, 0.3) is 11.0 Å². The maximum atomic E-state index is 13.3. The van der Waals surface area contributed by atoms with Gasteiger partial charge >= 0.3 is 0 Å². The van der Waals surface area contributed by atoms with Gasteiger partial charge in [0.2, 0.25) is 5.91 Å². The quantitative estimate of drug-likeness (QED) is 0.355. The van der Waals surface area contributed by atoms with Gasteiger partial charge < -0.3 is 14.6 Å². The molecule has 0 aliphatic heterocycles. The molecule has 2 heterocycles. The first kappa shape index (κ1) is 21.9. The maximum absolute atomic E-state index is 13.3. The van der Waals surface area contributed by atoms with Crippen LogP contribution in [0.5, 0.6) is 5.75 Å². The molecule has 0 aliphatic carbocycles. The molecule has 1 N–H and O–H groups in total. The monoisotopic (exact) mass is 446 g/mol. The first-order valence-corrected chi connectivity index (χ1v) is 11.5. The number of carbonyl (C=O) groups is 1. The van der Waals surface area contributed by atoms with Crippen LogP contribution in [0.1, 0.15) is 30.5 Å². The van der Waals surface area contributed by atoms with Crippen molar-refractivity contribution < 1.29 is 9.53 Å². The number of anilines is 1. The minimum Gasteiger partial charge on any atom is -0.497 e. The topological polar surface area (TPSA) is 69.0 Å². The van der Waals surface area contributed by atoms with E-state index in [0.29, 0.717) is 17.9 Å². The van der Waals surface area contributed by atoms with Crippen LogP contribution in [-0.2, 0) is 10.5 Å². The Morgan fingerprint density at radius 2 is 2.00 bits per heavy atom. The summed E-state index contributed by atoms with van der Waals surface area (Å²) in [7, 11) is 1.61. The second kappa shape index (κ2) is 9.87. The lowest BCUT2D eigenvalue weighted by atomic mass is 10.2. The standard InChI is InChI=1S/C25H26N4O2S/c1-4-22(24(30)27-19-6-5-7-20(14-19)31-3)29-23-15-26-13-12-21(23)28-25(29)32-16-18-10-8-17(2)9-11-18/h5-15,22H,4,16H2,1-3H3,(H,27,30)/t22-/m1/s1. The van der Waals surface area contributed by atoms with Crippen LogP contribution in [0.2, 0.25) is 0 Å². The largest absolute Gasteiger partial charge is 0.497 e. The number of aryl methyl sites for hydroxylation is 1. The predicted octanol–water partition coefficient (Wildman–Crippen LogP) is 5.63. The van der Waals surface area contributed by atoms with Crippen molar-refractivity contribution in [3.8, 4) is 5.75 Å². The molecule has 0 aliphatic rings. The van der Waals surface area contributed by atoms with Gasteiger partial charge in [0, 0.05) is 23.7 Å². The van der Waals surface area contributed by atoms with Crippen LogP contribution in [-0.4, -0.2) is 27.6 Å². The van der Waals surface area contributed by atoms with Gasteiger partial charge in [0.05, 0.1) is 24.3 Å². The van der Waals surface area contributed by atoms with Gasteiger partial charge in [-0.1, -0.05) is 54.6 Å². The number of pyridine rings is 1. The molecule has 6 nitrogen and oxygen atoms in total. The van der Waals surface area contributed by atoms with Crippen molar-refractivity contribution in [3.63, 3.8) is 0 Å². The number of methoxy groups -OCH3 is 1. The Bertz CT molecular complexity index is 1220. The highest BCUT2D eigenvalue weighted by Crippen LogP contribution is 2.31. The van der Waals surface area contributed by atoms with E-state index in [-0.39, 0.29) is 5.91 Å². The third kappa shape index (κ3) is 4.78. The molecule has 0 bridgehead atoms. The molecule has 7 heteroatoms. The van der Waals surface area contributed by atoms with Crippen molar-refractivity contribution in [3.05, 3.63) is 78.1 Å². The first-order valence-electron chi connectivity index (χ1n) is 10.5. The van der Waals surface area contributed by atoms with Crippen molar-refractivity contribution in [2.24, 2.45) is 0 Å². The number of thioether (sulfide) groups is 1. The number of ether oxygens (including phenoxy) is 1. The lowest BCUT2D eigenvalue weighted by molar-refractivity contribution is -0.119. The second-order valence-electron chi connectivity index (χ2n) is 7.55. The Morgan fingerprint density at radius 1 is 1.19 bits per heavy atom. The van der Waals surface area contributed by atoms with E-state index < -0.39 is 6.04 Å². The van der Waals surface area contributed by atoms with Crippen LogP contribution >= 0.6 is 11.8 Å². The van der Waals surface area contributed by atoms with Crippen LogP contribution < -0.4 is 10.1 Å². The fraction of sp³-hybridized carbons (Fsp3) is 0.240. The van der Waals surface area contributed by atoms with E-state index in [1.54, 1.807) is 31.3 Å². The molecule has 2 aromatic carbocycles. The Kier molecular flexibility index (Phi) is 6.75. The Labute approximate surface area is 192 Å². The number of hydrogen-bond acceptors (Lipinski definition) is 5. The van der Waals surface area contributed by atoms with Gasteiger partial charge in [0.25, 0.3) is 0 Å². The highest BCUT2D eigenvalue weighted by atomic mass is 32.2. The van der Waals surface area contributed by atoms with Crippen molar-refractivity contribution in [1.82, 2.24) is 14.5 Å². The van der Waals surface area contributed by atoms with E-state index >= 15 is 0 Å². The minimum absolute atomic E-state index is 0.0962. The number of fused-ring (bicyclic) bond motifs is 1. The molecule has 4 aromatic rings. The van der Waals surface area contributed by atoms with E-state index in [9.17, 15) is 4.79 Å². The number of hydrogen-bond donors (Lipinski definition) is 1. The molecule has 0 spiro atoms. The third-order valence-corrected chi connectivity index (χ3v) is 6.31. The minimum atomic E-state index is -0.420. The molecule has 0 fully saturated rings. The van der Waals surface area contributed by atoms with Gasteiger partial charge in [-0.2, -0.15) is 0 Å². The number of amides is 1. The number of carbonyl (C=O) groups excluding carboxylic acids is 1. The molecule has 32 heavy (non-hydrogen) atoms. The molecule has 2 aromatic heterocycles. The second-order valence-corrected chi connectivity index (χ2v) is 8.49. The van der Waals surface area contributed by atoms with Crippen LogP contribution in [0.15, 0.2) is 72.1 Å². The number of aromatic nitrogens is 3. The summed E-state index contributed by atoms with van der Waals surface area (Å²) in [5.41, 5.74) is 4.83. The zero-order valence-electron chi connectivity index (χ0n) is 18.4. The maximum Gasteiger partial charge on any atom is 0.247 e. The molecular weight excluding hydrogens is 420 g/mol. The molecule has 1 amide bonds. The van der Waals surface area contributed by atoms with Gasteiger partial charge in [0.1, 0.15) is 11.8 Å². The van der Waals surface area contributed by atoms with E-state index in [1.165, 1.54) is 11.1 Å². The van der Waals surface area contributed by atoms with Gasteiger partial charge in [-0.05, 0) is 37.1 Å². The highest BCUT2D eigenvalue weighted by Gasteiger charge is 2.25. The first-order chi connectivity index (χ1) is 15.6. The molecule has 0 saturated heterocycles.